The van der Waals surface area contributed by atoms with E-state index in [0.29, 0.717) is 0 Å². The molecule has 0 saturated carbocycles. The van der Waals surface area contributed by atoms with Crippen LogP contribution in [0.3, 0.4) is 0 Å². The molecule has 1 heterocycles. The SMILES string of the molecule is CCNS(=O)(=O)Nc1ccc(F)nc1. The fourth-order valence-electron chi connectivity index (χ4n) is 0.817. The van der Waals surface area contributed by atoms with Crippen molar-refractivity contribution in [2.75, 3.05) is 11.3 Å². The van der Waals surface area contributed by atoms with E-state index in [1.165, 1.54) is 6.07 Å². The van der Waals surface area contributed by atoms with E-state index in [0.717, 1.165) is 12.3 Å². The molecule has 0 unspecified atom stereocenters. The van der Waals surface area contributed by atoms with E-state index >= 15 is 0 Å². The van der Waals surface area contributed by atoms with E-state index in [4.69, 9.17) is 0 Å². The molecule has 0 radical (unpaired) electrons. The monoisotopic (exact) mass is 219 g/mol. The lowest BCUT2D eigenvalue weighted by Crippen LogP contribution is -2.29. The number of nitrogens with one attached hydrogen (secondary N) is 2. The van der Waals surface area contributed by atoms with Crippen LogP contribution in [-0.4, -0.2) is 19.9 Å². The van der Waals surface area contributed by atoms with Gasteiger partial charge in [-0.15, -0.1) is 0 Å². The second kappa shape index (κ2) is 4.34. The Hall–Kier alpha value is -1.21. The average Bonchev–Trinajstić information content (AvgIpc) is 2.08. The normalized spacial score (nSPS) is 11.3. The number of hydrogen-bond acceptors (Lipinski definition) is 3. The van der Waals surface area contributed by atoms with Crippen LogP contribution < -0.4 is 9.44 Å². The Morgan fingerprint density at radius 2 is 2.21 bits per heavy atom. The van der Waals surface area contributed by atoms with Gasteiger partial charge in [-0.3, -0.25) is 4.72 Å². The molecular formula is C7H10FN3O2S. The molecule has 0 amide bonds. The molecule has 0 bridgehead atoms. The number of aromatic nitrogens is 1. The smallest absolute Gasteiger partial charge is 0.270 e. The molecular weight excluding hydrogens is 209 g/mol. The number of rotatable bonds is 4. The van der Waals surface area contributed by atoms with Crippen molar-refractivity contribution >= 4 is 15.9 Å². The van der Waals surface area contributed by atoms with Crippen LogP contribution in [-0.2, 0) is 10.2 Å². The summed E-state index contributed by atoms with van der Waals surface area (Å²) in [4.78, 5) is 3.30. The van der Waals surface area contributed by atoms with Crippen molar-refractivity contribution in [2.24, 2.45) is 0 Å². The maximum atomic E-state index is 12.4. The predicted molar refractivity (Wildman–Crippen MR) is 50.4 cm³/mol. The summed E-state index contributed by atoms with van der Waals surface area (Å²) >= 11 is 0. The number of halogens is 1. The molecule has 0 atom stereocenters. The largest absolute Gasteiger partial charge is 0.299 e. The van der Waals surface area contributed by atoms with Crippen LogP contribution in [0.2, 0.25) is 0 Å². The topological polar surface area (TPSA) is 71.1 Å². The first kappa shape index (κ1) is 10.9. The summed E-state index contributed by atoms with van der Waals surface area (Å²) in [5, 5.41) is 0. The molecule has 1 rings (SSSR count). The van der Waals surface area contributed by atoms with Crippen molar-refractivity contribution in [1.82, 2.24) is 9.71 Å². The summed E-state index contributed by atoms with van der Waals surface area (Å²) in [5.74, 6) is -0.656. The lowest BCUT2D eigenvalue weighted by Gasteiger charge is -2.06. The molecule has 0 aliphatic rings. The van der Waals surface area contributed by atoms with E-state index in [9.17, 15) is 12.8 Å². The Balaban J connectivity index is 2.74. The second-order valence-corrected chi connectivity index (χ2v) is 3.97. The summed E-state index contributed by atoms with van der Waals surface area (Å²) in [6, 6.07) is 2.36. The van der Waals surface area contributed by atoms with Gasteiger partial charge in [0.15, 0.2) is 0 Å². The molecule has 1 aromatic heterocycles. The maximum absolute atomic E-state index is 12.4. The van der Waals surface area contributed by atoms with Crippen molar-refractivity contribution < 1.29 is 12.8 Å². The minimum atomic E-state index is -3.56. The van der Waals surface area contributed by atoms with E-state index in [-0.39, 0.29) is 12.2 Å². The van der Waals surface area contributed by atoms with E-state index < -0.39 is 16.2 Å². The number of hydrogen-bond donors (Lipinski definition) is 2. The van der Waals surface area contributed by atoms with Crippen molar-refractivity contribution in [3.05, 3.63) is 24.3 Å². The fourth-order valence-corrected chi connectivity index (χ4v) is 1.70. The van der Waals surface area contributed by atoms with Crippen LogP contribution >= 0.6 is 0 Å². The summed E-state index contributed by atoms with van der Waals surface area (Å²) < 4.78 is 39.0. The van der Waals surface area contributed by atoms with Gasteiger partial charge in [0.25, 0.3) is 10.2 Å². The van der Waals surface area contributed by atoms with Crippen LogP contribution in [0.25, 0.3) is 0 Å². The molecule has 14 heavy (non-hydrogen) atoms. The van der Waals surface area contributed by atoms with Crippen molar-refractivity contribution in [3.63, 3.8) is 0 Å². The highest BCUT2D eigenvalue weighted by atomic mass is 32.2. The Bertz CT molecular complexity index is 390. The van der Waals surface area contributed by atoms with E-state index in [1.54, 1.807) is 6.92 Å². The van der Waals surface area contributed by atoms with E-state index in [1.807, 2.05) is 0 Å². The minimum absolute atomic E-state index is 0.215. The van der Waals surface area contributed by atoms with Crippen LogP contribution in [0.15, 0.2) is 18.3 Å². The van der Waals surface area contributed by atoms with Crippen molar-refractivity contribution in [3.8, 4) is 0 Å². The maximum Gasteiger partial charge on any atom is 0.299 e. The molecule has 0 aliphatic heterocycles. The molecule has 5 nitrogen and oxygen atoms in total. The first-order valence-corrected chi connectivity index (χ1v) is 5.41. The van der Waals surface area contributed by atoms with E-state index in [2.05, 4.69) is 14.4 Å². The van der Waals surface area contributed by atoms with Gasteiger partial charge in [-0.25, -0.2) is 4.98 Å². The molecule has 0 aliphatic carbocycles. The summed E-state index contributed by atoms with van der Waals surface area (Å²) in [6.07, 6.45) is 1.10. The Kier molecular flexibility index (Phi) is 3.37. The second-order valence-electron chi connectivity index (χ2n) is 2.47. The Morgan fingerprint density at radius 1 is 1.50 bits per heavy atom. The van der Waals surface area contributed by atoms with Gasteiger partial charge in [-0.05, 0) is 12.1 Å². The number of anilines is 1. The molecule has 0 aromatic carbocycles. The van der Waals surface area contributed by atoms with Gasteiger partial charge in [-0.1, -0.05) is 6.92 Å². The zero-order valence-corrected chi connectivity index (χ0v) is 8.31. The van der Waals surface area contributed by atoms with Crippen LogP contribution in [0.1, 0.15) is 6.92 Å². The highest BCUT2D eigenvalue weighted by Crippen LogP contribution is 2.06. The first-order chi connectivity index (χ1) is 6.53. The molecule has 0 spiro atoms. The Labute approximate surface area is 81.5 Å². The van der Waals surface area contributed by atoms with Gasteiger partial charge in [0, 0.05) is 6.54 Å². The highest BCUT2D eigenvalue weighted by Gasteiger charge is 2.07. The van der Waals surface area contributed by atoms with Crippen molar-refractivity contribution in [2.45, 2.75) is 6.92 Å². The minimum Gasteiger partial charge on any atom is -0.270 e. The molecule has 1 aromatic rings. The summed E-state index contributed by atoms with van der Waals surface area (Å²) in [5.41, 5.74) is 0.215. The molecule has 0 fully saturated rings. The zero-order valence-electron chi connectivity index (χ0n) is 7.49. The highest BCUT2D eigenvalue weighted by molar-refractivity contribution is 7.90. The third-order valence-electron chi connectivity index (χ3n) is 1.31. The molecule has 78 valence electrons. The number of pyridine rings is 1. The third-order valence-corrected chi connectivity index (χ3v) is 2.49. The van der Waals surface area contributed by atoms with Gasteiger partial charge < -0.3 is 0 Å². The Morgan fingerprint density at radius 3 is 2.71 bits per heavy atom. The molecule has 0 saturated heterocycles. The van der Waals surface area contributed by atoms with Crippen LogP contribution in [0, 0.1) is 5.95 Å². The van der Waals surface area contributed by atoms with Crippen LogP contribution in [0.5, 0.6) is 0 Å². The molecule has 2 N–H and O–H groups in total. The lowest BCUT2D eigenvalue weighted by atomic mass is 10.4. The quantitative estimate of drug-likeness (QED) is 0.724. The van der Waals surface area contributed by atoms with Gasteiger partial charge in [-0.2, -0.15) is 17.5 Å². The summed E-state index contributed by atoms with van der Waals surface area (Å²) in [7, 11) is -3.56. The average molecular weight is 219 g/mol. The van der Waals surface area contributed by atoms with Gasteiger partial charge in [0.05, 0.1) is 11.9 Å². The standard InChI is InChI=1S/C7H10FN3O2S/c1-2-10-14(12,13)11-6-3-4-7(8)9-5-6/h3-5,10-11H,2H2,1H3. The lowest BCUT2D eigenvalue weighted by molar-refractivity contribution is 0.582. The fraction of sp³-hybridized carbons (Fsp3) is 0.286. The number of nitrogens with zero attached hydrogens (tertiary/aromatic N) is 1. The predicted octanol–water partition coefficient (Wildman–Crippen LogP) is 0.487. The zero-order chi connectivity index (χ0) is 10.6. The van der Waals surface area contributed by atoms with Gasteiger partial charge >= 0.3 is 0 Å². The first-order valence-electron chi connectivity index (χ1n) is 3.92. The third kappa shape index (κ3) is 3.27. The van der Waals surface area contributed by atoms with Crippen LogP contribution in [0.4, 0.5) is 10.1 Å². The van der Waals surface area contributed by atoms with Gasteiger partial charge in [0.1, 0.15) is 0 Å². The van der Waals surface area contributed by atoms with Crippen molar-refractivity contribution in [1.29, 1.82) is 0 Å². The van der Waals surface area contributed by atoms with Gasteiger partial charge in [0.2, 0.25) is 5.95 Å². The summed E-state index contributed by atoms with van der Waals surface area (Å²) in [6.45, 7) is 1.94. The molecule has 7 heteroatoms.